The van der Waals surface area contributed by atoms with E-state index >= 15 is 0 Å². The van der Waals surface area contributed by atoms with Gasteiger partial charge in [0.1, 0.15) is 0 Å². The lowest BCUT2D eigenvalue weighted by atomic mass is 9.99. The Morgan fingerprint density at radius 1 is 1.17 bits per heavy atom. The molecule has 0 radical (unpaired) electrons. The van der Waals surface area contributed by atoms with Crippen LogP contribution in [0.4, 0.5) is 5.95 Å². The second-order valence-corrected chi connectivity index (χ2v) is 5.16. The first-order valence-electron chi connectivity index (χ1n) is 6.29. The Morgan fingerprint density at radius 2 is 1.89 bits per heavy atom. The Hall–Kier alpha value is -1.10. The first-order valence-corrected chi connectivity index (χ1v) is 6.67. The van der Waals surface area contributed by atoms with E-state index in [1.165, 1.54) is 0 Å². The minimum absolute atomic E-state index is 0.0819. The minimum Gasteiger partial charge on any atom is -0.463 e. The highest BCUT2D eigenvalue weighted by molar-refractivity contribution is 6.28. The van der Waals surface area contributed by atoms with E-state index in [9.17, 15) is 0 Å². The molecule has 0 atom stereocenters. The lowest BCUT2D eigenvalue weighted by Gasteiger charge is -2.25. The first kappa shape index (κ1) is 15.0. The van der Waals surface area contributed by atoms with Crippen molar-refractivity contribution in [3.63, 3.8) is 0 Å². The highest BCUT2D eigenvalue weighted by Crippen LogP contribution is 2.19. The molecule has 0 bridgehead atoms. The van der Waals surface area contributed by atoms with Gasteiger partial charge in [-0.15, -0.1) is 0 Å². The molecule has 102 valence electrons. The fourth-order valence-corrected chi connectivity index (χ4v) is 1.79. The zero-order chi connectivity index (χ0) is 13.6. The van der Waals surface area contributed by atoms with Crippen molar-refractivity contribution in [1.82, 2.24) is 15.0 Å². The number of rotatable bonds is 7. The van der Waals surface area contributed by atoms with Gasteiger partial charge in [0, 0.05) is 5.54 Å². The van der Waals surface area contributed by atoms with Gasteiger partial charge in [0.2, 0.25) is 11.2 Å². The van der Waals surface area contributed by atoms with Crippen LogP contribution in [0.2, 0.25) is 5.28 Å². The number of halogens is 1. The van der Waals surface area contributed by atoms with Crippen LogP contribution in [-0.4, -0.2) is 27.1 Å². The van der Waals surface area contributed by atoms with Crippen LogP contribution in [0.5, 0.6) is 6.01 Å². The molecule has 18 heavy (non-hydrogen) atoms. The van der Waals surface area contributed by atoms with Gasteiger partial charge < -0.3 is 10.1 Å². The number of aromatic nitrogens is 3. The van der Waals surface area contributed by atoms with Gasteiger partial charge in [0.25, 0.3) is 0 Å². The number of nitrogens with one attached hydrogen (secondary N) is 1. The number of hydrogen-bond acceptors (Lipinski definition) is 5. The van der Waals surface area contributed by atoms with Crippen molar-refractivity contribution < 1.29 is 4.74 Å². The van der Waals surface area contributed by atoms with Crippen LogP contribution < -0.4 is 10.1 Å². The predicted octanol–water partition coefficient (Wildman–Crippen LogP) is 3.30. The summed E-state index contributed by atoms with van der Waals surface area (Å²) in [7, 11) is 0. The smallest absolute Gasteiger partial charge is 0.322 e. The largest absolute Gasteiger partial charge is 0.463 e. The zero-order valence-corrected chi connectivity index (χ0v) is 12.2. The molecule has 1 aromatic rings. The molecular weight excluding hydrogens is 252 g/mol. The van der Waals surface area contributed by atoms with Crippen LogP contribution in [0.3, 0.4) is 0 Å². The van der Waals surface area contributed by atoms with Crippen LogP contribution in [0.1, 0.15) is 47.0 Å². The molecule has 0 aliphatic carbocycles. The number of hydrogen-bond donors (Lipinski definition) is 1. The third-order valence-electron chi connectivity index (χ3n) is 2.35. The second-order valence-electron chi connectivity index (χ2n) is 4.82. The lowest BCUT2D eigenvalue weighted by Crippen LogP contribution is -2.31. The van der Waals surface area contributed by atoms with Crippen molar-refractivity contribution in [2.45, 2.75) is 52.5 Å². The first-order chi connectivity index (χ1) is 8.46. The normalized spacial score (nSPS) is 11.4. The zero-order valence-electron chi connectivity index (χ0n) is 11.5. The van der Waals surface area contributed by atoms with E-state index in [0.717, 1.165) is 19.3 Å². The van der Waals surface area contributed by atoms with Gasteiger partial charge in [0.05, 0.1) is 6.61 Å². The standard InChI is InChI=1S/C12H21ClN4O/c1-5-7-12(3,4)17-10-14-9(13)15-11(16-10)18-8-6-2/h5-8H2,1-4H3,(H,14,15,16,17). The number of ether oxygens (including phenoxy) is 1. The summed E-state index contributed by atoms with van der Waals surface area (Å²) < 4.78 is 5.36. The maximum atomic E-state index is 5.85. The summed E-state index contributed by atoms with van der Waals surface area (Å²) in [6, 6.07) is 0.270. The van der Waals surface area contributed by atoms with Gasteiger partial charge in [-0.05, 0) is 38.3 Å². The van der Waals surface area contributed by atoms with E-state index in [4.69, 9.17) is 16.3 Å². The van der Waals surface area contributed by atoms with Crippen molar-refractivity contribution in [3.05, 3.63) is 5.28 Å². The Kier molecular flexibility index (Phi) is 5.59. The third-order valence-corrected chi connectivity index (χ3v) is 2.52. The SMILES string of the molecule is CCCOc1nc(Cl)nc(NC(C)(C)CCC)n1. The summed E-state index contributed by atoms with van der Waals surface area (Å²) in [5, 5.41) is 3.39. The molecule has 0 fully saturated rings. The molecule has 0 aliphatic heterocycles. The molecule has 0 saturated heterocycles. The van der Waals surface area contributed by atoms with Gasteiger partial charge in [-0.1, -0.05) is 20.3 Å². The van der Waals surface area contributed by atoms with Crippen molar-refractivity contribution in [3.8, 4) is 6.01 Å². The Morgan fingerprint density at radius 3 is 2.50 bits per heavy atom. The molecule has 0 aromatic carbocycles. The van der Waals surface area contributed by atoms with Gasteiger partial charge in [-0.2, -0.15) is 15.0 Å². The third kappa shape index (κ3) is 5.04. The van der Waals surface area contributed by atoms with E-state index in [0.29, 0.717) is 12.6 Å². The summed E-state index contributed by atoms with van der Waals surface area (Å²) in [4.78, 5) is 12.2. The molecule has 0 unspecified atom stereocenters. The molecule has 0 amide bonds. The topological polar surface area (TPSA) is 59.9 Å². The van der Waals surface area contributed by atoms with E-state index in [2.05, 4.69) is 41.0 Å². The molecule has 1 heterocycles. The van der Waals surface area contributed by atoms with Crippen molar-refractivity contribution in [2.75, 3.05) is 11.9 Å². The number of anilines is 1. The maximum Gasteiger partial charge on any atom is 0.322 e. The minimum atomic E-state index is -0.0819. The van der Waals surface area contributed by atoms with Crippen molar-refractivity contribution in [2.24, 2.45) is 0 Å². The summed E-state index contributed by atoms with van der Waals surface area (Å²) in [5.74, 6) is 0.458. The average molecular weight is 273 g/mol. The van der Waals surface area contributed by atoms with E-state index in [1.54, 1.807) is 0 Å². The van der Waals surface area contributed by atoms with Crippen LogP contribution in [0, 0.1) is 0 Å². The fraction of sp³-hybridized carbons (Fsp3) is 0.750. The molecular formula is C12H21ClN4O. The average Bonchev–Trinajstić information content (AvgIpc) is 2.24. The Bertz CT molecular complexity index is 384. The summed E-state index contributed by atoms with van der Waals surface area (Å²) >= 11 is 5.85. The quantitative estimate of drug-likeness (QED) is 0.825. The molecule has 6 heteroatoms. The Balaban J connectivity index is 2.79. The summed E-state index contributed by atoms with van der Waals surface area (Å²) in [6.07, 6.45) is 2.99. The van der Waals surface area contributed by atoms with E-state index in [1.807, 2.05) is 6.92 Å². The predicted molar refractivity (Wildman–Crippen MR) is 73.2 cm³/mol. The second kappa shape index (κ2) is 6.73. The van der Waals surface area contributed by atoms with E-state index in [-0.39, 0.29) is 16.8 Å². The molecule has 1 rings (SSSR count). The summed E-state index contributed by atoms with van der Waals surface area (Å²) in [6.45, 7) is 8.92. The van der Waals surface area contributed by atoms with Gasteiger partial charge >= 0.3 is 6.01 Å². The molecule has 1 aromatic heterocycles. The van der Waals surface area contributed by atoms with Gasteiger partial charge in [-0.25, -0.2) is 0 Å². The van der Waals surface area contributed by atoms with Crippen LogP contribution in [0.25, 0.3) is 0 Å². The molecule has 0 spiro atoms. The molecule has 1 N–H and O–H groups in total. The Labute approximate surface area is 113 Å². The monoisotopic (exact) mass is 272 g/mol. The van der Waals surface area contributed by atoms with Crippen LogP contribution >= 0.6 is 11.6 Å². The molecule has 5 nitrogen and oxygen atoms in total. The maximum absolute atomic E-state index is 5.85. The van der Waals surface area contributed by atoms with Gasteiger partial charge in [-0.3, -0.25) is 0 Å². The van der Waals surface area contributed by atoms with Gasteiger partial charge in [0.15, 0.2) is 0 Å². The van der Waals surface area contributed by atoms with Crippen molar-refractivity contribution in [1.29, 1.82) is 0 Å². The number of nitrogens with zero attached hydrogens (tertiary/aromatic N) is 3. The highest BCUT2D eigenvalue weighted by atomic mass is 35.5. The van der Waals surface area contributed by atoms with Crippen LogP contribution in [-0.2, 0) is 0 Å². The molecule has 0 saturated carbocycles. The van der Waals surface area contributed by atoms with Crippen molar-refractivity contribution >= 4 is 17.5 Å². The highest BCUT2D eigenvalue weighted by Gasteiger charge is 2.18. The lowest BCUT2D eigenvalue weighted by molar-refractivity contribution is 0.291. The van der Waals surface area contributed by atoms with E-state index < -0.39 is 0 Å². The fourth-order valence-electron chi connectivity index (χ4n) is 1.64. The summed E-state index contributed by atoms with van der Waals surface area (Å²) in [5.41, 5.74) is -0.0819. The molecule has 0 aliphatic rings. The van der Waals surface area contributed by atoms with Crippen LogP contribution in [0.15, 0.2) is 0 Å².